The van der Waals surface area contributed by atoms with E-state index in [-0.39, 0.29) is 11.9 Å². The molecule has 4 heteroatoms. The van der Waals surface area contributed by atoms with Gasteiger partial charge in [0.25, 0.3) is 0 Å². The van der Waals surface area contributed by atoms with Gasteiger partial charge in [-0.15, -0.1) is 0 Å². The minimum atomic E-state index is -0.396. The Morgan fingerprint density at radius 1 is 0.837 bits per heavy atom. The topological polar surface area (TPSA) is 56.5 Å². The maximum absolute atomic E-state index is 14.1. The van der Waals surface area contributed by atoms with Gasteiger partial charge in [0.1, 0.15) is 11.3 Å². The summed E-state index contributed by atoms with van der Waals surface area (Å²) in [6.07, 6.45) is 18.5. The Hall–Kier alpha value is -3.14. The highest BCUT2D eigenvalue weighted by Crippen LogP contribution is 2.32. The highest BCUT2D eigenvalue weighted by molar-refractivity contribution is 6.17. The molecule has 1 aromatic heterocycles. The molecule has 0 fully saturated rings. The molecule has 0 saturated heterocycles. The van der Waals surface area contributed by atoms with Gasteiger partial charge in [-0.1, -0.05) is 90.7 Å². The number of ether oxygens (including phenoxy) is 1. The van der Waals surface area contributed by atoms with Crippen LogP contribution in [-0.2, 0) is 11.2 Å². The van der Waals surface area contributed by atoms with Gasteiger partial charge in [0.2, 0.25) is 0 Å². The first-order chi connectivity index (χ1) is 20.7. The van der Waals surface area contributed by atoms with Crippen LogP contribution >= 0.6 is 0 Å². The monoisotopic (exact) mass is 586 g/mol. The largest absolute Gasteiger partial charge is 0.460 e. The minimum Gasteiger partial charge on any atom is -0.460 e. The number of ketones is 1. The second-order valence-electron chi connectivity index (χ2n) is 12.5. The van der Waals surface area contributed by atoms with Crippen LogP contribution in [0.1, 0.15) is 154 Å². The lowest BCUT2D eigenvalue weighted by Gasteiger charge is -2.15. The lowest BCUT2D eigenvalue weighted by Crippen LogP contribution is -2.11. The van der Waals surface area contributed by atoms with E-state index in [2.05, 4.69) is 46.8 Å². The van der Waals surface area contributed by atoms with Crippen molar-refractivity contribution in [1.82, 2.24) is 0 Å². The summed E-state index contributed by atoms with van der Waals surface area (Å²) < 4.78 is 11.6. The first kappa shape index (κ1) is 34.4. The van der Waals surface area contributed by atoms with Crippen LogP contribution in [0, 0.1) is 19.8 Å². The van der Waals surface area contributed by atoms with Crippen molar-refractivity contribution < 1.29 is 18.7 Å². The van der Waals surface area contributed by atoms with Gasteiger partial charge < -0.3 is 9.15 Å². The average molecular weight is 587 g/mol. The zero-order valence-corrected chi connectivity index (χ0v) is 27.8. The standard InChI is InChI=1S/C39H54O4/c1-8-11-14-15-18-30(17-12-9-2)19-16-20-33-28(6)24-32(25-29(33)7)38(40)37-34-26-31(39(41)42-27(4)5)22-23-35(34)43-36(37)21-13-10-3/h16,20,22-27,30H,8-15,17-19,21H2,1-7H3/b20-16+. The maximum Gasteiger partial charge on any atom is 0.338 e. The number of furan rings is 1. The fourth-order valence-corrected chi connectivity index (χ4v) is 5.94. The summed E-state index contributed by atoms with van der Waals surface area (Å²) in [5.74, 6) is 0.973. The van der Waals surface area contributed by atoms with Crippen molar-refractivity contribution in [2.24, 2.45) is 5.92 Å². The number of benzene rings is 2. The van der Waals surface area contributed by atoms with Crippen LogP contribution in [0.3, 0.4) is 0 Å². The summed E-state index contributed by atoms with van der Waals surface area (Å²) in [5.41, 5.74) is 5.64. The van der Waals surface area contributed by atoms with Gasteiger partial charge in [-0.3, -0.25) is 4.79 Å². The molecule has 1 heterocycles. The van der Waals surface area contributed by atoms with Gasteiger partial charge in [-0.05, 0) is 93.5 Å². The highest BCUT2D eigenvalue weighted by Gasteiger charge is 2.24. The molecule has 3 aromatic rings. The highest BCUT2D eigenvalue weighted by atomic mass is 16.5. The van der Waals surface area contributed by atoms with Crippen molar-refractivity contribution in [2.75, 3.05) is 0 Å². The number of aryl methyl sites for hydroxylation is 3. The zero-order chi connectivity index (χ0) is 31.4. The van der Waals surface area contributed by atoms with Gasteiger partial charge in [-0.25, -0.2) is 4.79 Å². The lowest BCUT2D eigenvalue weighted by atomic mass is 9.90. The fraction of sp³-hybridized carbons (Fsp3) is 0.538. The van der Waals surface area contributed by atoms with E-state index in [1.807, 2.05) is 26.0 Å². The summed E-state index contributed by atoms with van der Waals surface area (Å²) >= 11 is 0. The van der Waals surface area contributed by atoms with Crippen molar-refractivity contribution in [3.05, 3.63) is 75.5 Å². The Balaban J connectivity index is 1.89. The van der Waals surface area contributed by atoms with Crippen LogP contribution in [0.15, 0.2) is 40.8 Å². The summed E-state index contributed by atoms with van der Waals surface area (Å²) in [5, 5.41) is 0.672. The molecule has 43 heavy (non-hydrogen) atoms. The molecule has 0 N–H and O–H groups in total. The number of rotatable bonds is 18. The van der Waals surface area contributed by atoms with Crippen LogP contribution in [-0.4, -0.2) is 17.9 Å². The van der Waals surface area contributed by atoms with Crippen LogP contribution in [0.5, 0.6) is 0 Å². The number of carbonyl (C=O) groups is 2. The van der Waals surface area contributed by atoms with E-state index in [4.69, 9.17) is 9.15 Å². The molecule has 234 valence electrons. The number of esters is 1. The molecule has 0 radical (unpaired) electrons. The Labute approximate surface area is 260 Å². The van der Waals surface area contributed by atoms with Crippen LogP contribution < -0.4 is 0 Å². The molecule has 0 aliphatic carbocycles. The maximum atomic E-state index is 14.1. The predicted octanol–water partition coefficient (Wildman–Crippen LogP) is 11.4. The molecule has 0 aliphatic rings. The molecule has 0 spiro atoms. The molecule has 3 rings (SSSR count). The number of hydrogen-bond acceptors (Lipinski definition) is 4. The van der Waals surface area contributed by atoms with Gasteiger partial charge in [0.15, 0.2) is 5.78 Å². The van der Waals surface area contributed by atoms with E-state index >= 15 is 0 Å². The van der Waals surface area contributed by atoms with Gasteiger partial charge >= 0.3 is 5.97 Å². The van der Waals surface area contributed by atoms with E-state index in [1.165, 1.54) is 56.9 Å². The summed E-state index contributed by atoms with van der Waals surface area (Å²) in [6, 6.07) is 9.25. The van der Waals surface area contributed by atoms with Crippen LogP contribution in [0.4, 0.5) is 0 Å². The summed E-state index contributed by atoms with van der Waals surface area (Å²) in [7, 11) is 0. The Bertz CT molecular complexity index is 1350. The van der Waals surface area contributed by atoms with Crippen molar-refractivity contribution in [3.63, 3.8) is 0 Å². The van der Waals surface area contributed by atoms with Crippen LogP contribution in [0.25, 0.3) is 17.0 Å². The smallest absolute Gasteiger partial charge is 0.338 e. The first-order valence-electron chi connectivity index (χ1n) is 16.8. The van der Waals surface area contributed by atoms with Gasteiger partial charge in [-0.2, -0.15) is 0 Å². The number of allylic oxidation sites excluding steroid dienone is 1. The summed E-state index contributed by atoms with van der Waals surface area (Å²) in [6.45, 7) is 14.5. The quantitative estimate of drug-likeness (QED) is 0.0845. The molecular weight excluding hydrogens is 532 g/mol. The second-order valence-corrected chi connectivity index (χ2v) is 12.5. The number of unbranched alkanes of at least 4 members (excludes halogenated alkanes) is 5. The normalized spacial score (nSPS) is 12.5. The third kappa shape index (κ3) is 9.68. The van der Waals surface area contributed by atoms with Crippen molar-refractivity contribution in [1.29, 1.82) is 0 Å². The Morgan fingerprint density at radius 2 is 1.51 bits per heavy atom. The SMILES string of the molecule is CCCCCCC(C/C=C/c1c(C)cc(C(=O)c2c(CCCC)oc3ccc(C(=O)OC(C)C)cc23)cc1C)CCCC. The van der Waals surface area contributed by atoms with Gasteiger partial charge in [0.05, 0.1) is 17.2 Å². The molecule has 0 bridgehead atoms. The third-order valence-corrected chi connectivity index (χ3v) is 8.37. The van der Waals surface area contributed by atoms with Gasteiger partial charge in [0, 0.05) is 17.4 Å². The minimum absolute atomic E-state index is 0.0623. The number of carbonyl (C=O) groups excluding carboxylic acids is 2. The van der Waals surface area contributed by atoms with E-state index < -0.39 is 5.97 Å². The molecule has 4 nitrogen and oxygen atoms in total. The first-order valence-corrected chi connectivity index (χ1v) is 16.8. The van der Waals surface area contributed by atoms with Crippen molar-refractivity contribution in [3.8, 4) is 0 Å². The van der Waals surface area contributed by atoms with Crippen molar-refractivity contribution >= 4 is 28.8 Å². The molecule has 1 atom stereocenters. The molecule has 1 unspecified atom stereocenters. The fourth-order valence-electron chi connectivity index (χ4n) is 5.94. The molecule has 0 amide bonds. The third-order valence-electron chi connectivity index (χ3n) is 8.37. The zero-order valence-electron chi connectivity index (χ0n) is 27.8. The van der Waals surface area contributed by atoms with E-state index in [0.717, 1.165) is 36.3 Å². The second kappa shape index (κ2) is 17.2. The lowest BCUT2D eigenvalue weighted by molar-refractivity contribution is 0.0378. The Morgan fingerprint density at radius 3 is 2.16 bits per heavy atom. The van der Waals surface area contributed by atoms with Crippen molar-refractivity contribution in [2.45, 2.75) is 132 Å². The molecule has 2 aromatic carbocycles. The van der Waals surface area contributed by atoms with E-state index in [1.54, 1.807) is 18.2 Å². The van der Waals surface area contributed by atoms with E-state index in [9.17, 15) is 9.59 Å². The summed E-state index contributed by atoms with van der Waals surface area (Å²) in [4.78, 5) is 26.8. The average Bonchev–Trinajstić information content (AvgIpc) is 3.34. The van der Waals surface area contributed by atoms with E-state index in [0.29, 0.717) is 39.8 Å². The van der Waals surface area contributed by atoms with Crippen LogP contribution in [0.2, 0.25) is 0 Å². The molecule has 0 saturated carbocycles. The number of hydrogen-bond donors (Lipinski definition) is 0. The predicted molar refractivity (Wildman–Crippen MR) is 180 cm³/mol. The molecular formula is C39H54O4. The number of fused-ring (bicyclic) bond motifs is 1. The Kier molecular flexibility index (Phi) is 13.8. The molecule has 0 aliphatic heterocycles.